The summed E-state index contributed by atoms with van der Waals surface area (Å²) in [6.07, 6.45) is 11.4. The molecule has 2 N–H and O–H groups in total. The summed E-state index contributed by atoms with van der Waals surface area (Å²) in [6, 6.07) is 1.50. The molecule has 0 aliphatic heterocycles. The molecule has 1 unspecified atom stereocenters. The van der Waals surface area contributed by atoms with Crippen LogP contribution in [0, 0.1) is 5.92 Å². The van der Waals surface area contributed by atoms with Gasteiger partial charge in [-0.15, -0.1) is 0 Å². The van der Waals surface area contributed by atoms with Crippen molar-refractivity contribution in [3.8, 4) is 0 Å². The highest BCUT2D eigenvalue weighted by molar-refractivity contribution is 4.87. The van der Waals surface area contributed by atoms with Gasteiger partial charge in [-0.1, -0.05) is 25.7 Å². The molecule has 0 radical (unpaired) electrons. The Kier molecular flexibility index (Phi) is 4.04. The molecule has 1 atom stereocenters. The predicted molar refractivity (Wildman–Crippen MR) is 64.8 cm³/mol. The Morgan fingerprint density at radius 1 is 1.07 bits per heavy atom. The van der Waals surface area contributed by atoms with Crippen LogP contribution in [0.2, 0.25) is 0 Å². The zero-order valence-corrected chi connectivity index (χ0v) is 10.1. The third kappa shape index (κ3) is 2.54. The summed E-state index contributed by atoms with van der Waals surface area (Å²) in [5, 5.41) is 0. The molecule has 2 aliphatic carbocycles. The highest BCUT2D eigenvalue weighted by Gasteiger charge is 2.31. The van der Waals surface area contributed by atoms with E-state index in [9.17, 15) is 0 Å². The van der Waals surface area contributed by atoms with Crippen molar-refractivity contribution in [3.63, 3.8) is 0 Å². The van der Waals surface area contributed by atoms with Gasteiger partial charge in [0.05, 0.1) is 0 Å². The first-order valence-corrected chi connectivity index (χ1v) is 6.75. The molecule has 0 aromatic heterocycles. The molecule has 0 aromatic rings. The summed E-state index contributed by atoms with van der Waals surface area (Å²) >= 11 is 0. The fraction of sp³-hybridized carbons (Fsp3) is 1.00. The van der Waals surface area contributed by atoms with Gasteiger partial charge in [-0.3, -0.25) is 4.90 Å². The number of nitrogens with zero attached hydrogens (tertiary/aromatic N) is 1. The van der Waals surface area contributed by atoms with Crippen molar-refractivity contribution in [2.24, 2.45) is 11.7 Å². The fourth-order valence-corrected chi connectivity index (χ4v) is 3.62. The Bertz CT molecular complexity index is 181. The van der Waals surface area contributed by atoms with E-state index in [0.29, 0.717) is 6.04 Å². The second kappa shape index (κ2) is 5.31. The van der Waals surface area contributed by atoms with E-state index in [1.807, 2.05) is 0 Å². The number of hydrogen-bond acceptors (Lipinski definition) is 2. The Balaban J connectivity index is 1.91. The summed E-state index contributed by atoms with van der Waals surface area (Å²) in [4.78, 5) is 2.61. The molecule has 0 amide bonds. The van der Waals surface area contributed by atoms with Crippen LogP contribution in [0.5, 0.6) is 0 Å². The molecule has 2 fully saturated rings. The van der Waals surface area contributed by atoms with Crippen molar-refractivity contribution < 1.29 is 0 Å². The molecule has 2 saturated carbocycles. The molecule has 0 spiro atoms. The molecule has 0 aromatic carbocycles. The second-order valence-electron chi connectivity index (χ2n) is 5.45. The van der Waals surface area contributed by atoms with E-state index >= 15 is 0 Å². The minimum absolute atomic E-state index is 0.663. The average Bonchev–Trinajstić information content (AvgIpc) is 2.91. The van der Waals surface area contributed by atoms with Gasteiger partial charge in [0, 0.05) is 18.6 Å². The van der Waals surface area contributed by atoms with Crippen molar-refractivity contribution in [1.82, 2.24) is 4.90 Å². The lowest BCUT2D eigenvalue weighted by Crippen LogP contribution is -2.47. The van der Waals surface area contributed by atoms with E-state index in [-0.39, 0.29) is 0 Å². The Morgan fingerprint density at radius 3 is 2.13 bits per heavy atom. The van der Waals surface area contributed by atoms with Crippen LogP contribution in [-0.2, 0) is 0 Å². The average molecular weight is 210 g/mol. The van der Waals surface area contributed by atoms with Gasteiger partial charge in [0.25, 0.3) is 0 Å². The molecule has 2 rings (SSSR count). The number of hydrogen-bond donors (Lipinski definition) is 1. The van der Waals surface area contributed by atoms with Crippen molar-refractivity contribution in [2.45, 2.75) is 63.5 Å². The third-order valence-corrected chi connectivity index (χ3v) is 4.61. The van der Waals surface area contributed by atoms with Gasteiger partial charge in [-0.05, 0) is 38.6 Å². The first kappa shape index (κ1) is 11.4. The molecule has 2 aliphatic rings. The standard InChI is InChI=1S/C13H26N2/c1-15(12-8-4-5-9-12)13(10-14)11-6-2-3-7-11/h11-13H,2-10,14H2,1H3. The largest absolute Gasteiger partial charge is 0.329 e. The minimum atomic E-state index is 0.663. The molecule has 2 nitrogen and oxygen atoms in total. The number of rotatable bonds is 4. The minimum Gasteiger partial charge on any atom is -0.329 e. The molecule has 0 heterocycles. The SMILES string of the molecule is CN(C1CCCC1)C(CN)C1CCCC1. The van der Waals surface area contributed by atoms with Crippen LogP contribution in [0.25, 0.3) is 0 Å². The Morgan fingerprint density at radius 2 is 1.60 bits per heavy atom. The summed E-state index contributed by atoms with van der Waals surface area (Å²) in [5.41, 5.74) is 5.98. The van der Waals surface area contributed by atoms with Crippen LogP contribution in [0.3, 0.4) is 0 Å². The van der Waals surface area contributed by atoms with E-state index in [1.54, 1.807) is 0 Å². The first-order valence-electron chi connectivity index (χ1n) is 6.75. The lowest BCUT2D eigenvalue weighted by Gasteiger charge is -2.36. The molecule has 15 heavy (non-hydrogen) atoms. The Labute approximate surface area is 94.2 Å². The van der Waals surface area contributed by atoms with E-state index < -0.39 is 0 Å². The highest BCUT2D eigenvalue weighted by atomic mass is 15.2. The van der Waals surface area contributed by atoms with E-state index in [4.69, 9.17) is 5.73 Å². The van der Waals surface area contributed by atoms with Gasteiger partial charge < -0.3 is 5.73 Å². The maximum absolute atomic E-state index is 5.98. The predicted octanol–water partition coefficient (Wildman–Crippen LogP) is 2.38. The van der Waals surface area contributed by atoms with Crippen molar-refractivity contribution >= 4 is 0 Å². The van der Waals surface area contributed by atoms with Crippen LogP contribution >= 0.6 is 0 Å². The molecule has 0 saturated heterocycles. The molecule has 0 bridgehead atoms. The van der Waals surface area contributed by atoms with Gasteiger partial charge in [0.2, 0.25) is 0 Å². The van der Waals surface area contributed by atoms with Crippen molar-refractivity contribution in [3.05, 3.63) is 0 Å². The zero-order valence-electron chi connectivity index (χ0n) is 10.1. The van der Waals surface area contributed by atoms with Gasteiger partial charge in [0.1, 0.15) is 0 Å². The van der Waals surface area contributed by atoms with Gasteiger partial charge in [-0.25, -0.2) is 0 Å². The quantitative estimate of drug-likeness (QED) is 0.772. The van der Waals surface area contributed by atoms with E-state index in [1.165, 1.54) is 51.4 Å². The number of nitrogens with two attached hydrogens (primary N) is 1. The third-order valence-electron chi connectivity index (χ3n) is 4.61. The van der Waals surface area contributed by atoms with Gasteiger partial charge in [-0.2, -0.15) is 0 Å². The van der Waals surface area contributed by atoms with Gasteiger partial charge in [0.15, 0.2) is 0 Å². The summed E-state index contributed by atoms with van der Waals surface area (Å²) in [7, 11) is 2.31. The van der Waals surface area contributed by atoms with E-state index in [2.05, 4.69) is 11.9 Å². The summed E-state index contributed by atoms with van der Waals surface area (Å²) < 4.78 is 0. The monoisotopic (exact) mass is 210 g/mol. The summed E-state index contributed by atoms with van der Waals surface area (Å²) in [5.74, 6) is 0.889. The Hall–Kier alpha value is -0.0800. The molecular formula is C13H26N2. The topological polar surface area (TPSA) is 29.3 Å². The second-order valence-corrected chi connectivity index (χ2v) is 5.45. The lowest BCUT2D eigenvalue weighted by molar-refractivity contribution is 0.130. The van der Waals surface area contributed by atoms with E-state index in [0.717, 1.165) is 18.5 Å². The van der Waals surface area contributed by atoms with Gasteiger partial charge >= 0.3 is 0 Å². The lowest BCUT2D eigenvalue weighted by atomic mass is 9.95. The van der Waals surface area contributed by atoms with Crippen LogP contribution in [0.1, 0.15) is 51.4 Å². The van der Waals surface area contributed by atoms with Crippen LogP contribution in [0.15, 0.2) is 0 Å². The normalized spacial score (nSPS) is 26.6. The maximum Gasteiger partial charge on any atom is 0.0246 e. The summed E-state index contributed by atoms with van der Waals surface area (Å²) in [6.45, 7) is 0.859. The fourth-order valence-electron chi connectivity index (χ4n) is 3.62. The first-order chi connectivity index (χ1) is 7.33. The maximum atomic E-state index is 5.98. The molecule has 2 heteroatoms. The van der Waals surface area contributed by atoms with Crippen LogP contribution in [0.4, 0.5) is 0 Å². The zero-order chi connectivity index (χ0) is 10.7. The number of likely N-dealkylation sites (N-methyl/N-ethyl adjacent to an activating group) is 1. The van der Waals surface area contributed by atoms with Crippen LogP contribution < -0.4 is 5.73 Å². The van der Waals surface area contributed by atoms with Crippen molar-refractivity contribution in [1.29, 1.82) is 0 Å². The molecule has 88 valence electrons. The molecular weight excluding hydrogens is 184 g/mol. The van der Waals surface area contributed by atoms with Crippen LogP contribution in [-0.4, -0.2) is 30.6 Å². The highest BCUT2D eigenvalue weighted by Crippen LogP contribution is 2.32. The smallest absolute Gasteiger partial charge is 0.0246 e. The van der Waals surface area contributed by atoms with Crippen molar-refractivity contribution in [2.75, 3.05) is 13.6 Å².